The molecule has 14 heteroatoms. The van der Waals surface area contributed by atoms with Crippen LogP contribution in [0.5, 0.6) is 5.75 Å². The smallest absolute Gasteiger partial charge is 0.433 e. The molecule has 14 nitrogen and oxygen atoms in total. The molecule has 1 aromatic heterocycles. The fourth-order valence-electron chi connectivity index (χ4n) is 5.01. The lowest BCUT2D eigenvalue weighted by Gasteiger charge is -2.18. The number of carbonyl (C=O) groups is 3. The molecule has 0 unspecified atom stereocenters. The van der Waals surface area contributed by atoms with Gasteiger partial charge in [-0.15, -0.1) is 0 Å². The van der Waals surface area contributed by atoms with Crippen LogP contribution in [0.15, 0.2) is 76.6 Å². The predicted molar refractivity (Wildman–Crippen MR) is 198 cm³/mol. The van der Waals surface area contributed by atoms with Gasteiger partial charge >= 0.3 is 6.09 Å². The summed E-state index contributed by atoms with van der Waals surface area (Å²) in [5, 5.41) is 8.74. The van der Waals surface area contributed by atoms with Crippen molar-refractivity contribution in [2.24, 2.45) is 4.99 Å². The highest BCUT2D eigenvalue weighted by molar-refractivity contribution is 5.97. The summed E-state index contributed by atoms with van der Waals surface area (Å²) in [5.74, 6) is -0.462. The van der Waals surface area contributed by atoms with Crippen LogP contribution in [0.2, 0.25) is 0 Å². The number of nitrogens with zero attached hydrogens (tertiary/aromatic N) is 3. The number of benzene rings is 3. The number of nitrogen functional groups attached to an aromatic ring is 2. The van der Waals surface area contributed by atoms with Gasteiger partial charge in [0.05, 0.1) is 24.7 Å². The molecule has 1 heterocycles. The molecule has 4 rings (SSSR count). The monoisotopic (exact) mass is 696 g/mol. The number of rotatable bonds is 14. The fourth-order valence-corrected chi connectivity index (χ4v) is 5.01. The van der Waals surface area contributed by atoms with E-state index in [9.17, 15) is 19.2 Å². The second-order valence-electron chi connectivity index (χ2n) is 12.1. The van der Waals surface area contributed by atoms with Crippen LogP contribution in [0.3, 0.4) is 0 Å². The first-order valence-electron chi connectivity index (χ1n) is 16.4. The van der Waals surface area contributed by atoms with Crippen molar-refractivity contribution in [1.29, 1.82) is 0 Å². The van der Waals surface area contributed by atoms with E-state index < -0.39 is 17.6 Å². The predicted octanol–water partition coefficient (Wildman–Crippen LogP) is 4.50. The quantitative estimate of drug-likeness (QED) is 0.0922. The molecule has 4 aromatic rings. The van der Waals surface area contributed by atoms with Gasteiger partial charge in [-0.1, -0.05) is 49.4 Å². The van der Waals surface area contributed by atoms with E-state index in [0.717, 1.165) is 12.0 Å². The Kier molecular flexibility index (Phi) is 12.9. The Morgan fingerprint density at radius 1 is 1.04 bits per heavy atom. The van der Waals surface area contributed by atoms with E-state index in [-0.39, 0.29) is 54.9 Å². The first-order chi connectivity index (χ1) is 24.4. The van der Waals surface area contributed by atoms with Crippen LogP contribution in [0.25, 0.3) is 11.3 Å². The largest absolute Gasteiger partial charge is 0.494 e. The summed E-state index contributed by atoms with van der Waals surface area (Å²) >= 11 is 0. The maximum Gasteiger partial charge on any atom is 0.433 e. The van der Waals surface area contributed by atoms with Crippen molar-refractivity contribution in [3.05, 3.63) is 99.5 Å². The summed E-state index contributed by atoms with van der Waals surface area (Å²) in [7, 11) is 1.43. The average Bonchev–Trinajstić information content (AvgIpc) is 3.11. The van der Waals surface area contributed by atoms with Crippen molar-refractivity contribution in [2.75, 3.05) is 23.9 Å². The molecule has 0 aliphatic heterocycles. The van der Waals surface area contributed by atoms with E-state index in [1.165, 1.54) is 24.1 Å². The van der Waals surface area contributed by atoms with Gasteiger partial charge in [0, 0.05) is 52.8 Å². The van der Waals surface area contributed by atoms with E-state index in [2.05, 4.69) is 25.9 Å². The highest BCUT2D eigenvalue weighted by Gasteiger charge is 2.19. The third-order valence-corrected chi connectivity index (χ3v) is 7.79. The molecule has 1 atom stereocenters. The molecule has 268 valence electrons. The SMILES string of the molecule is CC[C@H](C)NC(=O)c1cc(N)cc(-c2cnc(NC(C)C)c(=O)n2CC(=O)NCc2ccc(/C=N\C(=O)OCc3ccccc3)c(N)c2OC)c1. The summed E-state index contributed by atoms with van der Waals surface area (Å²) in [5.41, 5.74) is 15.3. The van der Waals surface area contributed by atoms with E-state index >= 15 is 0 Å². The first-order valence-corrected chi connectivity index (χ1v) is 16.4. The lowest BCUT2D eigenvalue weighted by molar-refractivity contribution is -0.121. The number of amides is 3. The van der Waals surface area contributed by atoms with Gasteiger partial charge in [0.2, 0.25) is 5.91 Å². The number of methoxy groups -OCH3 is 1. The number of hydrogen-bond acceptors (Lipinski definition) is 10. The number of aromatic nitrogens is 2. The third-order valence-electron chi connectivity index (χ3n) is 7.79. The van der Waals surface area contributed by atoms with E-state index in [4.69, 9.17) is 20.9 Å². The number of anilines is 3. The van der Waals surface area contributed by atoms with E-state index in [1.807, 2.05) is 58.0 Å². The molecule has 0 radical (unpaired) electrons. The minimum absolute atomic E-state index is 0.00718. The number of carbonyl (C=O) groups excluding carboxylic acids is 3. The van der Waals surface area contributed by atoms with Crippen molar-refractivity contribution < 1.29 is 23.9 Å². The number of ether oxygens (including phenoxy) is 2. The molecule has 0 aliphatic carbocycles. The normalized spacial score (nSPS) is 11.6. The molecule has 0 aliphatic rings. The number of aliphatic imine (C=N–C) groups is 1. The van der Waals surface area contributed by atoms with Gasteiger partial charge in [-0.25, -0.2) is 9.78 Å². The highest BCUT2D eigenvalue weighted by Crippen LogP contribution is 2.29. The van der Waals surface area contributed by atoms with Crippen LogP contribution in [-0.4, -0.2) is 52.9 Å². The van der Waals surface area contributed by atoms with Crippen molar-refractivity contribution in [2.45, 2.75) is 65.9 Å². The molecule has 0 saturated carbocycles. The van der Waals surface area contributed by atoms with Crippen molar-refractivity contribution >= 4 is 41.3 Å². The topological polar surface area (TPSA) is 205 Å². The summed E-state index contributed by atoms with van der Waals surface area (Å²) < 4.78 is 12.0. The van der Waals surface area contributed by atoms with Crippen LogP contribution < -0.4 is 37.7 Å². The van der Waals surface area contributed by atoms with Crippen molar-refractivity contribution in [1.82, 2.24) is 20.2 Å². The summed E-state index contributed by atoms with van der Waals surface area (Å²) in [4.78, 5) is 60.3. The molecule has 0 bridgehead atoms. The molecule has 3 aromatic carbocycles. The zero-order valence-electron chi connectivity index (χ0n) is 29.4. The fraction of sp³-hybridized carbons (Fsp3) is 0.297. The molecule has 0 fully saturated rings. The van der Waals surface area contributed by atoms with Crippen LogP contribution in [0.4, 0.5) is 22.0 Å². The lowest BCUT2D eigenvalue weighted by Crippen LogP contribution is -2.35. The molecule has 51 heavy (non-hydrogen) atoms. The molecular weight excluding hydrogens is 652 g/mol. The molecule has 0 spiro atoms. The maximum atomic E-state index is 13.7. The van der Waals surface area contributed by atoms with Gasteiger partial charge in [0.1, 0.15) is 18.9 Å². The van der Waals surface area contributed by atoms with E-state index in [1.54, 1.807) is 30.3 Å². The third kappa shape index (κ3) is 10.2. The lowest BCUT2D eigenvalue weighted by atomic mass is 10.1. The van der Waals surface area contributed by atoms with Gasteiger partial charge in [-0.2, -0.15) is 4.99 Å². The number of nitrogens with two attached hydrogens (primary N) is 2. The summed E-state index contributed by atoms with van der Waals surface area (Å²) in [6, 6.07) is 17.1. The van der Waals surface area contributed by atoms with Gasteiger partial charge in [0.15, 0.2) is 5.82 Å². The number of nitrogens with one attached hydrogen (secondary N) is 3. The van der Waals surface area contributed by atoms with Crippen LogP contribution in [0.1, 0.15) is 61.2 Å². The number of hydrogen-bond donors (Lipinski definition) is 5. The second kappa shape index (κ2) is 17.5. The maximum absolute atomic E-state index is 13.7. The molecule has 7 N–H and O–H groups in total. The summed E-state index contributed by atoms with van der Waals surface area (Å²) in [6.07, 6.45) is 2.71. The minimum atomic E-state index is -0.783. The second-order valence-corrected chi connectivity index (χ2v) is 12.1. The van der Waals surface area contributed by atoms with E-state index in [0.29, 0.717) is 33.6 Å². The van der Waals surface area contributed by atoms with Gasteiger partial charge < -0.3 is 36.9 Å². The highest BCUT2D eigenvalue weighted by atomic mass is 16.5. The Balaban J connectivity index is 1.54. The Morgan fingerprint density at radius 3 is 2.47 bits per heavy atom. The van der Waals surface area contributed by atoms with Crippen LogP contribution >= 0.6 is 0 Å². The zero-order chi connectivity index (χ0) is 37.1. The van der Waals surface area contributed by atoms with Crippen molar-refractivity contribution in [3.63, 3.8) is 0 Å². The Labute approximate surface area is 296 Å². The standard InChI is InChI=1S/C37H44N8O6/c1-6-23(4)44-35(47)28-14-27(15-29(38)16-28)30-19-41-34(43-22(2)3)36(48)45(30)20-31(46)40-18-26-13-12-25(32(39)33(26)50-5)17-42-37(49)51-21-24-10-8-7-9-11-24/h7-17,19,22-23H,6,18,20-21,38-39H2,1-5H3,(H,40,46)(H,41,43)(H,44,47)/b42-17-/t23-/m0/s1. The average molecular weight is 697 g/mol. The van der Waals surface area contributed by atoms with Crippen LogP contribution in [0, 0.1) is 0 Å². The van der Waals surface area contributed by atoms with Gasteiger partial charge in [0.25, 0.3) is 11.5 Å². The summed E-state index contributed by atoms with van der Waals surface area (Å²) in [6.45, 7) is 7.29. The van der Waals surface area contributed by atoms with Gasteiger partial charge in [-0.05, 0) is 51.0 Å². The Bertz CT molecular complexity index is 1960. The van der Waals surface area contributed by atoms with Crippen LogP contribution in [-0.2, 0) is 29.2 Å². The minimum Gasteiger partial charge on any atom is -0.494 e. The molecule has 3 amide bonds. The molecular formula is C37H44N8O6. The zero-order valence-corrected chi connectivity index (χ0v) is 29.4. The Hall–Kier alpha value is -6.18. The first kappa shape index (κ1) is 37.6. The Morgan fingerprint density at radius 2 is 1.78 bits per heavy atom. The van der Waals surface area contributed by atoms with Crippen molar-refractivity contribution in [3.8, 4) is 17.0 Å². The van der Waals surface area contributed by atoms with Gasteiger partial charge in [-0.3, -0.25) is 19.0 Å². The molecule has 0 saturated heterocycles.